The van der Waals surface area contributed by atoms with E-state index >= 15 is 0 Å². The first-order chi connectivity index (χ1) is 12.2. The summed E-state index contributed by atoms with van der Waals surface area (Å²) in [5.74, 6) is 0.327. The molecule has 0 unspecified atom stereocenters. The van der Waals surface area contributed by atoms with Gasteiger partial charge in [0.2, 0.25) is 21.2 Å². The molecule has 2 heterocycles. The highest BCUT2D eigenvalue weighted by atomic mass is 32.2. The van der Waals surface area contributed by atoms with E-state index < -0.39 is 15.6 Å². The van der Waals surface area contributed by atoms with E-state index in [9.17, 15) is 13.2 Å². The van der Waals surface area contributed by atoms with Crippen LogP contribution in [0.3, 0.4) is 0 Å². The molecule has 1 aromatic heterocycles. The van der Waals surface area contributed by atoms with Crippen molar-refractivity contribution in [3.8, 4) is 0 Å². The number of carbonyl (C=O) groups excluding carboxylic acids is 1. The van der Waals surface area contributed by atoms with Gasteiger partial charge in [0, 0.05) is 19.0 Å². The highest BCUT2D eigenvalue weighted by Gasteiger charge is 2.43. The molecule has 3 rings (SSSR count). The molecule has 1 N–H and O–H groups in total. The molecule has 1 aliphatic heterocycles. The molecule has 1 amide bonds. The summed E-state index contributed by atoms with van der Waals surface area (Å²) in [6.07, 6.45) is 8.07. The second-order valence-electron chi connectivity index (χ2n) is 7.84. The minimum Gasteiger partial charge on any atom is -0.289 e. The average molecular weight is 386 g/mol. The zero-order valence-electron chi connectivity index (χ0n) is 15.6. The first-order valence-corrected chi connectivity index (χ1v) is 10.9. The van der Waals surface area contributed by atoms with Gasteiger partial charge in [0.05, 0.1) is 17.6 Å². The molecule has 0 aromatic carbocycles. The number of anilines is 1. The Morgan fingerprint density at radius 1 is 1.31 bits per heavy atom. The maximum atomic E-state index is 12.3. The van der Waals surface area contributed by atoms with E-state index in [1.807, 2.05) is 18.9 Å². The van der Waals surface area contributed by atoms with Gasteiger partial charge in [-0.1, -0.05) is 19.3 Å². The Labute approximate surface area is 154 Å². The van der Waals surface area contributed by atoms with Crippen LogP contribution in [0.1, 0.15) is 46.0 Å². The van der Waals surface area contributed by atoms with Crippen LogP contribution in [-0.2, 0) is 14.8 Å². The fourth-order valence-corrected chi connectivity index (χ4v) is 4.72. The fourth-order valence-electron chi connectivity index (χ4n) is 3.76. The standard InChI is InChI=1S/C16H27N5O4S/c1-16(2)12-19(26(3,23)24)9-10-20(16)21-11-14(25-18-21)17-15(22)13-7-5-4-6-8-13/h11,13H,4-10,12H2,1-3H3/p+1. The topological polar surface area (TPSA) is 99.6 Å². The second kappa shape index (κ2) is 7.15. The molecule has 1 saturated carbocycles. The monoisotopic (exact) mass is 386 g/mol. The molecular formula is C16H28N5O4S+. The summed E-state index contributed by atoms with van der Waals surface area (Å²) in [5, 5.41) is 8.75. The van der Waals surface area contributed by atoms with E-state index in [2.05, 4.69) is 10.6 Å². The third-order valence-electron chi connectivity index (χ3n) is 5.22. The lowest BCUT2D eigenvalue weighted by molar-refractivity contribution is -0.766. The van der Waals surface area contributed by atoms with Gasteiger partial charge in [-0.3, -0.25) is 14.6 Å². The second-order valence-corrected chi connectivity index (χ2v) is 9.83. The van der Waals surface area contributed by atoms with Crippen LogP contribution in [0.5, 0.6) is 0 Å². The van der Waals surface area contributed by atoms with Crippen LogP contribution >= 0.6 is 0 Å². The van der Waals surface area contributed by atoms with Gasteiger partial charge in [0.15, 0.2) is 0 Å². The number of nitrogens with one attached hydrogen (secondary N) is 1. The van der Waals surface area contributed by atoms with Crippen molar-refractivity contribution in [3.05, 3.63) is 6.20 Å². The van der Waals surface area contributed by atoms with E-state index in [1.54, 1.807) is 11.0 Å². The van der Waals surface area contributed by atoms with Crippen LogP contribution in [-0.4, -0.2) is 55.3 Å². The van der Waals surface area contributed by atoms with Crippen molar-refractivity contribution in [2.75, 3.05) is 36.2 Å². The minimum atomic E-state index is -3.23. The van der Waals surface area contributed by atoms with Crippen molar-refractivity contribution in [2.24, 2.45) is 5.92 Å². The Kier molecular flexibility index (Phi) is 5.25. The third kappa shape index (κ3) is 4.17. The summed E-state index contributed by atoms with van der Waals surface area (Å²) in [7, 11) is -3.23. The van der Waals surface area contributed by atoms with Crippen LogP contribution in [0.2, 0.25) is 0 Å². The quantitative estimate of drug-likeness (QED) is 0.756. The molecule has 146 valence electrons. The van der Waals surface area contributed by atoms with Crippen LogP contribution in [0.4, 0.5) is 5.88 Å². The highest BCUT2D eigenvalue weighted by Crippen LogP contribution is 2.25. The number of carbonyl (C=O) groups is 1. The lowest BCUT2D eigenvalue weighted by Crippen LogP contribution is -2.74. The minimum absolute atomic E-state index is 0.0193. The predicted octanol–water partition coefficient (Wildman–Crippen LogP) is 0.473. The average Bonchev–Trinajstić information content (AvgIpc) is 3.01. The molecule has 2 aliphatic rings. The van der Waals surface area contributed by atoms with Gasteiger partial charge in [-0.15, -0.1) is 5.01 Å². The number of hydrogen-bond donors (Lipinski definition) is 1. The SMILES string of the molecule is CC1(C)CN(S(C)(=O)=O)CCN1[n+]1cc(NC(=O)C2CCCCC2)on1. The molecular weight excluding hydrogens is 358 g/mol. The molecule has 9 nitrogen and oxygen atoms in total. The van der Waals surface area contributed by atoms with E-state index in [0.717, 1.165) is 25.7 Å². The number of amides is 1. The largest absolute Gasteiger partial charge is 0.305 e. The summed E-state index contributed by atoms with van der Waals surface area (Å²) >= 11 is 0. The van der Waals surface area contributed by atoms with Gasteiger partial charge in [-0.25, -0.2) is 8.42 Å². The van der Waals surface area contributed by atoms with Gasteiger partial charge >= 0.3 is 5.88 Å². The van der Waals surface area contributed by atoms with Crippen molar-refractivity contribution in [3.63, 3.8) is 0 Å². The van der Waals surface area contributed by atoms with E-state index in [-0.39, 0.29) is 11.8 Å². The summed E-state index contributed by atoms with van der Waals surface area (Å²) in [4.78, 5) is 13.9. The number of rotatable bonds is 4. The lowest BCUT2D eigenvalue weighted by Gasteiger charge is -2.40. The Morgan fingerprint density at radius 3 is 2.62 bits per heavy atom. The third-order valence-corrected chi connectivity index (χ3v) is 6.47. The molecule has 0 radical (unpaired) electrons. The molecule has 1 aromatic rings. The van der Waals surface area contributed by atoms with E-state index in [4.69, 9.17) is 4.52 Å². The number of piperazine rings is 1. The summed E-state index contributed by atoms with van der Waals surface area (Å²) in [6.45, 7) is 5.12. The molecule has 0 spiro atoms. The molecule has 1 aliphatic carbocycles. The summed E-state index contributed by atoms with van der Waals surface area (Å²) < 4.78 is 30.4. The van der Waals surface area contributed by atoms with Crippen molar-refractivity contribution < 1.29 is 22.5 Å². The van der Waals surface area contributed by atoms with Gasteiger partial charge in [-0.05, 0) is 26.7 Å². The smallest absolute Gasteiger partial charge is 0.289 e. The van der Waals surface area contributed by atoms with Crippen molar-refractivity contribution in [2.45, 2.75) is 51.5 Å². The van der Waals surface area contributed by atoms with Gasteiger partial charge < -0.3 is 0 Å². The zero-order chi connectivity index (χ0) is 18.9. The number of aromatic nitrogens is 2. The van der Waals surface area contributed by atoms with E-state index in [1.165, 1.54) is 17.0 Å². The zero-order valence-corrected chi connectivity index (χ0v) is 16.5. The Balaban J connectivity index is 1.66. The molecule has 26 heavy (non-hydrogen) atoms. The van der Waals surface area contributed by atoms with Crippen LogP contribution in [0.15, 0.2) is 10.7 Å². The van der Waals surface area contributed by atoms with Crippen molar-refractivity contribution in [1.29, 1.82) is 0 Å². The summed E-state index contributed by atoms with van der Waals surface area (Å²) in [6, 6.07) is 0. The molecule has 1 saturated heterocycles. The Hall–Kier alpha value is -1.68. The Bertz CT molecular complexity index is 754. The molecule has 0 bridgehead atoms. The number of sulfonamides is 1. The van der Waals surface area contributed by atoms with Gasteiger partial charge in [-0.2, -0.15) is 4.31 Å². The van der Waals surface area contributed by atoms with Crippen LogP contribution < -0.4 is 15.1 Å². The first kappa shape index (κ1) is 19.1. The molecule has 2 fully saturated rings. The lowest BCUT2D eigenvalue weighted by atomic mass is 9.89. The maximum absolute atomic E-state index is 12.3. The van der Waals surface area contributed by atoms with Crippen molar-refractivity contribution in [1.82, 2.24) is 9.58 Å². The normalized spacial score (nSPS) is 22.3. The van der Waals surface area contributed by atoms with Gasteiger partial charge in [0.25, 0.3) is 6.20 Å². The number of hydrogen-bond acceptors (Lipinski definition) is 6. The maximum Gasteiger partial charge on any atom is 0.305 e. The highest BCUT2D eigenvalue weighted by molar-refractivity contribution is 7.88. The predicted molar refractivity (Wildman–Crippen MR) is 95.5 cm³/mol. The number of nitrogens with zero attached hydrogens (tertiary/aromatic N) is 4. The van der Waals surface area contributed by atoms with Gasteiger partial charge in [0.1, 0.15) is 5.54 Å². The van der Waals surface area contributed by atoms with Crippen LogP contribution in [0.25, 0.3) is 0 Å². The Morgan fingerprint density at radius 2 is 2.00 bits per heavy atom. The summed E-state index contributed by atoms with van der Waals surface area (Å²) in [5.41, 5.74) is -0.465. The molecule has 0 atom stereocenters. The fraction of sp³-hybridized carbons (Fsp3) is 0.812. The molecule has 10 heteroatoms. The first-order valence-electron chi connectivity index (χ1n) is 9.09. The van der Waals surface area contributed by atoms with E-state index in [0.29, 0.717) is 25.5 Å². The van der Waals surface area contributed by atoms with Crippen molar-refractivity contribution >= 4 is 21.8 Å². The van der Waals surface area contributed by atoms with Crippen LogP contribution in [0, 0.1) is 5.92 Å².